The minimum atomic E-state index is -4.52. The molecule has 3 heterocycles. The Morgan fingerprint density at radius 2 is 1.83 bits per heavy atom. The number of nitrogens with zero attached hydrogens (tertiary/aromatic N) is 5. The van der Waals surface area contributed by atoms with Gasteiger partial charge in [-0.3, -0.25) is 4.98 Å². The Bertz CT molecular complexity index is 1380. The van der Waals surface area contributed by atoms with Crippen LogP contribution in [-0.4, -0.2) is 31.6 Å². The number of pyridine rings is 1. The molecule has 4 aromatic rings. The average molecular weight is 483 g/mol. The molecule has 5 rings (SSSR count). The van der Waals surface area contributed by atoms with Crippen LogP contribution in [0.25, 0.3) is 22.6 Å². The molecule has 1 aliphatic carbocycles. The number of benzene rings is 1. The summed E-state index contributed by atoms with van der Waals surface area (Å²) in [4.78, 5) is 16.6. The van der Waals surface area contributed by atoms with E-state index in [0.29, 0.717) is 34.2 Å². The first kappa shape index (κ1) is 22.9. The number of imidazole rings is 1. The fraction of sp³-hybridized carbons (Fsp3) is 0.280. The van der Waals surface area contributed by atoms with Gasteiger partial charge in [-0.2, -0.15) is 13.2 Å². The van der Waals surface area contributed by atoms with Crippen LogP contribution in [0.3, 0.4) is 0 Å². The molecular weight excluding hydrogens is 462 g/mol. The van der Waals surface area contributed by atoms with Gasteiger partial charge in [0.15, 0.2) is 5.69 Å². The van der Waals surface area contributed by atoms with Crippen LogP contribution >= 0.6 is 0 Å². The Morgan fingerprint density at radius 1 is 1.09 bits per heavy atom. The van der Waals surface area contributed by atoms with Crippen LogP contribution in [0.4, 0.5) is 17.6 Å². The zero-order valence-corrected chi connectivity index (χ0v) is 19.0. The number of methoxy groups -OCH3 is 1. The van der Waals surface area contributed by atoms with Gasteiger partial charge < -0.3 is 9.30 Å². The molecule has 0 radical (unpaired) electrons. The van der Waals surface area contributed by atoms with Gasteiger partial charge in [0.2, 0.25) is 5.88 Å². The molecule has 3 aromatic heterocycles. The summed E-state index contributed by atoms with van der Waals surface area (Å²) in [6, 6.07) is 8.52. The second-order valence-corrected chi connectivity index (χ2v) is 8.51. The predicted molar refractivity (Wildman–Crippen MR) is 120 cm³/mol. The van der Waals surface area contributed by atoms with Gasteiger partial charge in [-0.15, -0.1) is 0 Å². The monoisotopic (exact) mass is 483 g/mol. The molecule has 0 saturated heterocycles. The molecule has 1 aromatic carbocycles. The molecule has 0 aliphatic heterocycles. The third kappa shape index (κ3) is 4.60. The number of aromatic nitrogens is 5. The van der Waals surface area contributed by atoms with E-state index >= 15 is 0 Å². The summed E-state index contributed by atoms with van der Waals surface area (Å²) in [6.45, 7) is 0. The third-order valence-electron chi connectivity index (χ3n) is 5.96. The molecule has 35 heavy (non-hydrogen) atoms. The zero-order chi connectivity index (χ0) is 24.7. The van der Waals surface area contributed by atoms with Crippen LogP contribution in [0, 0.1) is 5.82 Å². The van der Waals surface area contributed by atoms with Crippen molar-refractivity contribution in [2.24, 2.45) is 7.05 Å². The fourth-order valence-electron chi connectivity index (χ4n) is 4.06. The maximum atomic E-state index is 14.7. The van der Waals surface area contributed by atoms with E-state index in [1.54, 1.807) is 30.3 Å². The molecule has 10 heteroatoms. The summed E-state index contributed by atoms with van der Waals surface area (Å²) in [5, 5.41) is 0. The van der Waals surface area contributed by atoms with Gasteiger partial charge in [0.05, 0.1) is 30.3 Å². The normalized spacial score (nSPS) is 13.8. The Morgan fingerprint density at radius 3 is 2.46 bits per heavy atom. The van der Waals surface area contributed by atoms with Gasteiger partial charge in [0.25, 0.3) is 0 Å². The number of rotatable bonds is 6. The molecule has 0 spiro atoms. The summed E-state index contributed by atoms with van der Waals surface area (Å²) < 4.78 is 60.4. The standard InChI is InChI=1S/C25H21F4N5O/c1-34-12-20(25(27,28)29)33-23(34)16-5-3-14(4-6-16)9-17-10-19(30-11-18(17)26)21-22(15-7-8-15)31-13-32-24(21)35-2/h3-6,10-13,15H,7-9H2,1-2H3. The van der Waals surface area contributed by atoms with E-state index in [9.17, 15) is 17.6 Å². The number of ether oxygens (including phenoxy) is 1. The Balaban J connectivity index is 1.44. The van der Waals surface area contributed by atoms with Crippen molar-refractivity contribution < 1.29 is 22.3 Å². The lowest BCUT2D eigenvalue weighted by Crippen LogP contribution is -2.04. The van der Waals surface area contributed by atoms with Crippen molar-refractivity contribution in [3.8, 4) is 28.5 Å². The highest BCUT2D eigenvalue weighted by Gasteiger charge is 2.34. The van der Waals surface area contributed by atoms with Crippen molar-refractivity contribution in [1.29, 1.82) is 0 Å². The molecule has 6 nitrogen and oxygen atoms in total. The van der Waals surface area contributed by atoms with Crippen LogP contribution in [0.1, 0.15) is 41.3 Å². The van der Waals surface area contributed by atoms with Crippen molar-refractivity contribution in [3.05, 3.63) is 77.4 Å². The highest BCUT2D eigenvalue weighted by atomic mass is 19.4. The first-order chi connectivity index (χ1) is 16.7. The average Bonchev–Trinajstić information content (AvgIpc) is 3.61. The fourth-order valence-corrected chi connectivity index (χ4v) is 4.06. The molecule has 0 unspecified atom stereocenters. The summed E-state index contributed by atoms with van der Waals surface area (Å²) in [5.41, 5.74) is 2.84. The number of aryl methyl sites for hydroxylation is 1. The van der Waals surface area contributed by atoms with Crippen molar-refractivity contribution in [3.63, 3.8) is 0 Å². The molecule has 180 valence electrons. The topological polar surface area (TPSA) is 65.7 Å². The number of hydrogen-bond acceptors (Lipinski definition) is 5. The molecule has 0 bridgehead atoms. The van der Waals surface area contributed by atoms with Gasteiger partial charge in [-0.1, -0.05) is 24.3 Å². The lowest BCUT2D eigenvalue weighted by atomic mass is 10.0. The zero-order valence-electron chi connectivity index (χ0n) is 19.0. The minimum absolute atomic E-state index is 0.199. The van der Waals surface area contributed by atoms with E-state index in [1.807, 2.05) is 0 Å². The van der Waals surface area contributed by atoms with E-state index in [0.717, 1.165) is 30.3 Å². The Kier molecular flexibility index (Phi) is 5.74. The van der Waals surface area contributed by atoms with Crippen molar-refractivity contribution in [2.45, 2.75) is 31.4 Å². The minimum Gasteiger partial charge on any atom is -0.480 e. The van der Waals surface area contributed by atoms with Crippen molar-refractivity contribution >= 4 is 0 Å². The highest BCUT2D eigenvalue weighted by molar-refractivity contribution is 5.69. The van der Waals surface area contributed by atoms with Crippen molar-refractivity contribution in [2.75, 3.05) is 7.11 Å². The Labute approximate surface area is 198 Å². The van der Waals surface area contributed by atoms with E-state index in [-0.39, 0.29) is 12.2 Å². The molecule has 0 amide bonds. The van der Waals surface area contributed by atoms with Gasteiger partial charge in [-0.05, 0) is 30.0 Å². The van der Waals surface area contributed by atoms with Crippen LogP contribution < -0.4 is 4.74 Å². The Hall–Kier alpha value is -3.82. The summed E-state index contributed by atoms with van der Waals surface area (Å²) in [6.07, 6.45) is 1.38. The summed E-state index contributed by atoms with van der Waals surface area (Å²) >= 11 is 0. The SMILES string of the molecule is COc1ncnc(C2CC2)c1-c1cc(Cc2ccc(-c3nc(C(F)(F)F)cn3C)cc2)c(F)cn1. The predicted octanol–water partition coefficient (Wildman–Crippen LogP) is 5.57. The molecule has 0 atom stereocenters. The largest absolute Gasteiger partial charge is 0.480 e. The third-order valence-corrected chi connectivity index (χ3v) is 5.96. The summed E-state index contributed by atoms with van der Waals surface area (Å²) in [7, 11) is 3.03. The second-order valence-electron chi connectivity index (χ2n) is 8.51. The molecule has 1 fully saturated rings. The maximum absolute atomic E-state index is 14.7. The number of hydrogen-bond donors (Lipinski definition) is 0. The number of halogens is 4. The first-order valence-corrected chi connectivity index (χ1v) is 11.0. The van der Waals surface area contributed by atoms with Crippen molar-refractivity contribution in [1.82, 2.24) is 24.5 Å². The van der Waals surface area contributed by atoms with Gasteiger partial charge in [-0.25, -0.2) is 19.3 Å². The van der Waals surface area contributed by atoms with E-state index in [4.69, 9.17) is 4.74 Å². The van der Waals surface area contributed by atoms with Gasteiger partial charge in [0.1, 0.15) is 18.0 Å². The molecular formula is C25H21F4N5O. The van der Waals surface area contributed by atoms with Crippen LogP contribution in [0.5, 0.6) is 5.88 Å². The quantitative estimate of drug-likeness (QED) is 0.335. The van der Waals surface area contributed by atoms with Gasteiger partial charge in [0, 0.05) is 31.1 Å². The second kappa shape index (κ2) is 8.75. The summed E-state index contributed by atoms with van der Waals surface area (Å²) in [5.74, 6) is 0.448. The first-order valence-electron chi connectivity index (χ1n) is 11.0. The highest BCUT2D eigenvalue weighted by Crippen LogP contribution is 2.45. The lowest BCUT2D eigenvalue weighted by molar-refractivity contribution is -0.140. The van der Waals surface area contributed by atoms with E-state index in [1.165, 1.54) is 31.2 Å². The molecule has 1 saturated carbocycles. The maximum Gasteiger partial charge on any atom is 0.434 e. The van der Waals surface area contributed by atoms with Crippen LogP contribution in [0.2, 0.25) is 0 Å². The van der Waals surface area contributed by atoms with E-state index in [2.05, 4.69) is 19.9 Å². The van der Waals surface area contributed by atoms with Gasteiger partial charge >= 0.3 is 6.18 Å². The number of alkyl halides is 3. The van der Waals surface area contributed by atoms with Crippen LogP contribution in [-0.2, 0) is 19.6 Å². The lowest BCUT2D eigenvalue weighted by Gasteiger charge is -2.13. The molecule has 0 N–H and O–H groups in total. The molecule has 1 aliphatic rings. The smallest absolute Gasteiger partial charge is 0.434 e. The van der Waals surface area contributed by atoms with Crippen LogP contribution in [0.15, 0.2) is 49.1 Å². The van der Waals surface area contributed by atoms with E-state index < -0.39 is 17.7 Å².